The zero-order valence-electron chi connectivity index (χ0n) is 17.5. The number of aromatic nitrogens is 5. The van der Waals surface area contributed by atoms with Gasteiger partial charge in [0, 0.05) is 22.9 Å². The number of rotatable bonds is 7. The van der Waals surface area contributed by atoms with Crippen molar-refractivity contribution in [1.82, 2.24) is 25.1 Å². The zero-order chi connectivity index (χ0) is 24.3. The number of benzene rings is 2. The SMILES string of the molecule is CSc1nc(N)cc(Oc2ccc(-c3nc(Nc4cccc(C(F)(F)F)c4)n[nH]3)cc2CCl)n1. The van der Waals surface area contributed by atoms with Gasteiger partial charge in [0.2, 0.25) is 11.8 Å². The van der Waals surface area contributed by atoms with Gasteiger partial charge in [0.1, 0.15) is 11.6 Å². The summed E-state index contributed by atoms with van der Waals surface area (Å²) in [6, 6.07) is 11.5. The van der Waals surface area contributed by atoms with E-state index in [0.29, 0.717) is 27.9 Å². The molecule has 34 heavy (non-hydrogen) atoms. The fourth-order valence-electron chi connectivity index (χ4n) is 2.96. The van der Waals surface area contributed by atoms with Crippen molar-refractivity contribution < 1.29 is 17.9 Å². The van der Waals surface area contributed by atoms with Crippen molar-refractivity contribution >= 4 is 40.8 Å². The van der Waals surface area contributed by atoms with Crippen LogP contribution in [-0.2, 0) is 12.1 Å². The van der Waals surface area contributed by atoms with Gasteiger partial charge in [-0.3, -0.25) is 5.10 Å². The first-order valence-corrected chi connectivity index (χ1v) is 11.4. The van der Waals surface area contributed by atoms with Crippen LogP contribution >= 0.6 is 23.4 Å². The molecule has 0 bridgehead atoms. The maximum Gasteiger partial charge on any atom is 0.416 e. The van der Waals surface area contributed by atoms with E-state index in [1.807, 2.05) is 6.26 Å². The highest BCUT2D eigenvalue weighted by atomic mass is 35.5. The van der Waals surface area contributed by atoms with Crippen molar-refractivity contribution in [2.24, 2.45) is 0 Å². The van der Waals surface area contributed by atoms with Crippen LogP contribution < -0.4 is 15.8 Å². The number of nitrogens with zero attached hydrogens (tertiary/aromatic N) is 4. The molecule has 0 aliphatic rings. The maximum absolute atomic E-state index is 12.9. The third-order valence-corrected chi connectivity index (χ3v) is 5.34. The van der Waals surface area contributed by atoms with Gasteiger partial charge < -0.3 is 15.8 Å². The molecule has 0 aliphatic carbocycles. The summed E-state index contributed by atoms with van der Waals surface area (Å²) in [4.78, 5) is 12.7. The number of thioether (sulfide) groups is 1. The molecule has 0 unspecified atom stereocenters. The molecule has 0 saturated carbocycles. The van der Waals surface area contributed by atoms with E-state index in [0.717, 1.165) is 12.1 Å². The third kappa shape index (κ3) is 5.51. The van der Waals surface area contributed by atoms with Crippen molar-refractivity contribution in [3.8, 4) is 23.0 Å². The molecule has 0 spiro atoms. The number of hydrogen-bond donors (Lipinski definition) is 3. The average molecular weight is 508 g/mol. The molecule has 0 fully saturated rings. The second-order valence-corrected chi connectivity index (χ2v) is 7.93. The Morgan fingerprint density at radius 2 is 1.94 bits per heavy atom. The Hall–Kier alpha value is -3.51. The van der Waals surface area contributed by atoms with Crippen LogP contribution in [0.2, 0.25) is 0 Å². The van der Waals surface area contributed by atoms with Crippen molar-refractivity contribution in [3.05, 3.63) is 59.7 Å². The van der Waals surface area contributed by atoms with Gasteiger partial charge in [-0.05, 0) is 42.7 Å². The quantitative estimate of drug-likeness (QED) is 0.162. The molecule has 0 radical (unpaired) electrons. The minimum atomic E-state index is -4.45. The molecule has 0 saturated heterocycles. The number of anilines is 3. The highest BCUT2D eigenvalue weighted by Gasteiger charge is 2.30. The number of alkyl halides is 4. The number of halogens is 4. The molecule has 2 aromatic heterocycles. The van der Waals surface area contributed by atoms with Crippen LogP contribution in [0.15, 0.2) is 53.7 Å². The van der Waals surface area contributed by atoms with Crippen LogP contribution in [0.25, 0.3) is 11.4 Å². The summed E-state index contributed by atoms with van der Waals surface area (Å²) in [6.07, 6.45) is -2.62. The van der Waals surface area contributed by atoms with Gasteiger partial charge in [-0.25, -0.2) is 4.98 Å². The smallest absolute Gasteiger partial charge is 0.416 e. The average Bonchev–Trinajstić information content (AvgIpc) is 3.27. The fourth-order valence-corrected chi connectivity index (χ4v) is 3.54. The third-order valence-electron chi connectivity index (χ3n) is 4.51. The van der Waals surface area contributed by atoms with Gasteiger partial charge in [0.15, 0.2) is 11.0 Å². The first-order chi connectivity index (χ1) is 16.2. The van der Waals surface area contributed by atoms with Crippen LogP contribution in [0.1, 0.15) is 11.1 Å². The van der Waals surface area contributed by atoms with Crippen molar-refractivity contribution in [1.29, 1.82) is 0 Å². The van der Waals surface area contributed by atoms with E-state index in [9.17, 15) is 13.2 Å². The Morgan fingerprint density at radius 3 is 2.68 bits per heavy atom. The number of nitrogens with two attached hydrogens (primary N) is 1. The highest BCUT2D eigenvalue weighted by Crippen LogP contribution is 2.32. The fraction of sp³-hybridized carbons (Fsp3) is 0.143. The van der Waals surface area contributed by atoms with Crippen LogP contribution in [0, 0.1) is 0 Å². The van der Waals surface area contributed by atoms with Gasteiger partial charge in [-0.15, -0.1) is 16.7 Å². The van der Waals surface area contributed by atoms with Gasteiger partial charge >= 0.3 is 6.18 Å². The van der Waals surface area contributed by atoms with E-state index in [1.165, 1.54) is 30.0 Å². The number of hydrogen-bond acceptors (Lipinski definition) is 8. The minimum absolute atomic E-state index is 0.114. The summed E-state index contributed by atoms with van der Waals surface area (Å²) in [5.74, 6) is 1.68. The lowest BCUT2D eigenvalue weighted by atomic mass is 10.1. The topological polar surface area (TPSA) is 115 Å². The van der Waals surface area contributed by atoms with Gasteiger partial charge in [0.25, 0.3) is 0 Å². The van der Waals surface area contributed by atoms with E-state index in [1.54, 1.807) is 18.2 Å². The monoisotopic (exact) mass is 507 g/mol. The molecule has 2 aromatic carbocycles. The van der Waals surface area contributed by atoms with Crippen LogP contribution in [-0.4, -0.2) is 31.4 Å². The molecule has 176 valence electrons. The van der Waals surface area contributed by atoms with Crippen LogP contribution in [0.5, 0.6) is 11.6 Å². The van der Waals surface area contributed by atoms with Gasteiger partial charge in [-0.2, -0.15) is 23.1 Å². The molecule has 8 nitrogen and oxygen atoms in total. The predicted molar refractivity (Wildman–Crippen MR) is 124 cm³/mol. The van der Waals surface area contributed by atoms with E-state index in [2.05, 4.69) is 30.5 Å². The van der Waals surface area contributed by atoms with E-state index < -0.39 is 11.7 Å². The summed E-state index contributed by atoms with van der Waals surface area (Å²) in [6.45, 7) is 0. The minimum Gasteiger partial charge on any atom is -0.438 e. The van der Waals surface area contributed by atoms with Gasteiger partial charge in [0.05, 0.1) is 11.4 Å². The lowest BCUT2D eigenvalue weighted by Crippen LogP contribution is -2.05. The normalized spacial score (nSPS) is 11.4. The maximum atomic E-state index is 12.9. The number of aromatic amines is 1. The first-order valence-electron chi connectivity index (χ1n) is 9.67. The molecule has 4 N–H and O–H groups in total. The molecule has 13 heteroatoms. The summed E-state index contributed by atoms with van der Waals surface area (Å²) < 4.78 is 44.7. The largest absolute Gasteiger partial charge is 0.438 e. The molecular weight excluding hydrogens is 491 g/mol. The summed E-state index contributed by atoms with van der Waals surface area (Å²) >= 11 is 7.45. The molecule has 0 atom stereocenters. The first kappa shape index (κ1) is 23.6. The molecule has 4 aromatic rings. The highest BCUT2D eigenvalue weighted by molar-refractivity contribution is 7.98. The predicted octanol–water partition coefficient (Wildman–Crippen LogP) is 5.86. The van der Waals surface area contributed by atoms with Crippen molar-refractivity contribution in [3.63, 3.8) is 0 Å². The zero-order valence-corrected chi connectivity index (χ0v) is 19.1. The van der Waals surface area contributed by atoms with Crippen LogP contribution in [0.4, 0.5) is 30.6 Å². The van der Waals surface area contributed by atoms with Gasteiger partial charge in [-0.1, -0.05) is 17.8 Å². The number of nitrogens with one attached hydrogen (secondary N) is 2. The Bertz CT molecular complexity index is 1320. The molecule has 2 heterocycles. The number of ether oxygens (including phenoxy) is 1. The Labute approximate surface area is 201 Å². The molecule has 0 aliphatic heterocycles. The number of nitrogen functional groups attached to an aromatic ring is 1. The molecular formula is C21H17ClF3N7OS. The lowest BCUT2D eigenvalue weighted by Gasteiger charge is -2.11. The summed E-state index contributed by atoms with van der Waals surface area (Å²) in [5.41, 5.74) is 6.54. The second-order valence-electron chi connectivity index (χ2n) is 6.89. The number of H-pyrrole nitrogens is 1. The summed E-state index contributed by atoms with van der Waals surface area (Å²) in [7, 11) is 0. The Kier molecular flexibility index (Phi) is 6.80. The Morgan fingerprint density at radius 1 is 1.12 bits per heavy atom. The van der Waals surface area contributed by atoms with E-state index >= 15 is 0 Å². The molecule has 4 rings (SSSR count). The summed E-state index contributed by atoms with van der Waals surface area (Å²) in [5, 5.41) is 10.0. The van der Waals surface area contributed by atoms with Crippen LogP contribution in [0.3, 0.4) is 0 Å². The van der Waals surface area contributed by atoms with E-state index in [4.69, 9.17) is 22.1 Å². The Balaban J connectivity index is 1.54. The second kappa shape index (κ2) is 9.77. The van der Waals surface area contributed by atoms with Crippen molar-refractivity contribution in [2.75, 3.05) is 17.3 Å². The lowest BCUT2D eigenvalue weighted by molar-refractivity contribution is -0.137. The molecule has 0 amide bonds. The standard InChI is InChI=1S/C21H17ClF3N7OS/c1-34-20-28-16(26)9-17(29-20)33-15-6-5-11(7-12(15)10-22)18-30-19(32-31-18)27-14-4-2-3-13(8-14)21(23,24)25/h2-9H,10H2,1H3,(H2,26,28,29)(H2,27,30,31,32). The van der Waals surface area contributed by atoms with Crippen molar-refractivity contribution in [2.45, 2.75) is 17.2 Å². The van der Waals surface area contributed by atoms with E-state index in [-0.39, 0.29) is 29.2 Å².